The highest BCUT2D eigenvalue weighted by molar-refractivity contribution is 7.85. The van der Waals surface area contributed by atoms with Gasteiger partial charge in [0, 0.05) is 69.3 Å². The minimum Gasteiger partial charge on any atom is -0.383 e. The van der Waals surface area contributed by atoms with Gasteiger partial charge in [-0.1, -0.05) is 0 Å². The van der Waals surface area contributed by atoms with Crippen LogP contribution >= 0.6 is 0 Å². The van der Waals surface area contributed by atoms with Crippen LogP contribution in [0, 0.1) is 0 Å². The maximum absolute atomic E-state index is 11.9. The van der Waals surface area contributed by atoms with Crippen LogP contribution in [0.1, 0.15) is 17.7 Å². The summed E-state index contributed by atoms with van der Waals surface area (Å²) in [5, 5.41) is 10.3. The van der Waals surface area contributed by atoms with E-state index in [1.54, 1.807) is 0 Å². The second-order valence-electron chi connectivity index (χ2n) is 7.40. The van der Waals surface area contributed by atoms with E-state index < -0.39 is 10.1 Å². The Morgan fingerprint density at radius 1 is 1.17 bits per heavy atom. The summed E-state index contributed by atoms with van der Waals surface area (Å²) in [7, 11) is -3.67. The molecule has 3 N–H and O–H groups in total. The lowest BCUT2D eigenvalue weighted by Crippen LogP contribution is -2.47. The van der Waals surface area contributed by atoms with Crippen molar-refractivity contribution in [1.82, 2.24) is 20.1 Å². The molecule has 164 valence electrons. The van der Waals surface area contributed by atoms with E-state index >= 15 is 0 Å². The highest BCUT2D eigenvalue weighted by atomic mass is 32.2. The molecule has 2 aromatic rings. The molecule has 1 saturated heterocycles. The van der Waals surface area contributed by atoms with Crippen LogP contribution in [0.25, 0.3) is 0 Å². The first kappa shape index (κ1) is 22.2. The van der Waals surface area contributed by atoms with E-state index in [1.165, 1.54) is 5.69 Å². The Morgan fingerprint density at radius 3 is 2.50 bits per heavy atom. The average molecular weight is 437 g/mol. The zero-order chi connectivity index (χ0) is 21.6. The topological polar surface area (TPSA) is 132 Å². The van der Waals surface area contributed by atoms with E-state index in [0.717, 1.165) is 75.5 Å². The first-order valence-corrected chi connectivity index (χ1v) is 11.8. The number of rotatable bonds is 4. The second kappa shape index (κ2) is 10.0. The van der Waals surface area contributed by atoms with Crippen molar-refractivity contribution in [3.8, 4) is 0 Å². The van der Waals surface area contributed by atoms with Gasteiger partial charge in [-0.05, 0) is 25.0 Å². The van der Waals surface area contributed by atoms with Gasteiger partial charge in [-0.2, -0.15) is 13.5 Å². The van der Waals surface area contributed by atoms with Gasteiger partial charge in [0.25, 0.3) is 15.7 Å². The number of nitrogens with zero attached hydrogens (tertiary/aromatic N) is 4. The zero-order valence-corrected chi connectivity index (χ0v) is 17.9. The van der Waals surface area contributed by atoms with Gasteiger partial charge in [0.05, 0.1) is 17.6 Å². The van der Waals surface area contributed by atoms with Crippen molar-refractivity contribution in [2.45, 2.75) is 19.3 Å². The molecule has 0 aliphatic carbocycles. The summed E-state index contributed by atoms with van der Waals surface area (Å²) >= 11 is 0. The maximum atomic E-state index is 11.9. The van der Waals surface area contributed by atoms with Gasteiger partial charge >= 0.3 is 0 Å². The van der Waals surface area contributed by atoms with Crippen molar-refractivity contribution in [2.24, 2.45) is 0 Å². The predicted octanol–water partition coefficient (Wildman–Crippen LogP) is 0.392. The first-order valence-electron chi connectivity index (χ1n) is 9.95. The smallest absolute Gasteiger partial charge is 0.269 e. The number of aromatic nitrogens is 3. The first-order chi connectivity index (χ1) is 14.3. The molecule has 11 heteroatoms. The molecule has 10 nitrogen and oxygen atoms in total. The van der Waals surface area contributed by atoms with E-state index in [0.29, 0.717) is 6.26 Å². The number of aromatic amines is 1. The number of fused-ring (bicyclic) bond motifs is 1. The molecule has 2 aliphatic heterocycles. The molecule has 0 bridgehead atoms. The molecule has 0 radical (unpaired) electrons. The van der Waals surface area contributed by atoms with Crippen LogP contribution in [0.2, 0.25) is 0 Å². The number of piperazine rings is 1. The van der Waals surface area contributed by atoms with Gasteiger partial charge in [0.15, 0.2) is 0 Å². The van der Waals surface area contributed by atoms with E-state index in [-0.39, 0.29) is 5.56 Å². The Balaban J connectivity index is 0.000000461. The Morgan fingerprint density at radius 2 is 1.83 bits per heavy atom. The third-order valence-corrected chi connectivity index (χ3v) is 5.13. The van der Waals surface area contributed by atoms with Crippen LogP contribution in [-0.2, 0) is 23.0 Å². The van der Waals surface area contributed by atoms with E-state index in [2.05, 4.69) is 42.4 Å². The molecule has 2 aromatic heterocycles. The van der Waals surface area contributed by atoms with Gasteiger partial charge in [-0.3, -0.25) is 19.2 Å². The molecule has 0 saturated carbocycles. The van der Waals surface area contributed by atoms with Crippen LogP contribution in [0.4, 0.5) is 11.4 Å². The Kier molecular flexibility index (Phi) is 7.40. The zero-order valence-electron chi connectivity index (χ0n) is 17.0. The molecular weight excluding hydrogens is 408 g/mol. The fourth-order valence-corrected chi connectivity index (χ4v) is 3.68. The molecular formula is C19H28N6O4S. The largest absolute Gasteiger partial charge is 0.383 e. The molecule has 30 heavy (non-hydrogen) atoms. The molecule has 2 aliphatic rings. The van der Waals surface area contributed by atoms with Gasteiger partial charge in [-0.15, -0.1) is 0 Å². The van der Waals surface area contributed by atoms with Crippen LogP contribution in [0.3, 0.4) is 0 Å². The lowest BCUT2D eigenvalue weighted by Gasteiger charge is -2.36. The van der Waals surface area contributed by atoms with Crippen LogP contribution in [0.5, 0.6) is 0 Å². The SMILES string of the molecule is CS(=O)(=O)O.O=c1[nH]nc(CCN2CCN(c3ccncc3)CC2)c2c1CCCN2. The van der Waals surface area contributed by atoms with Crippen molar-refractivity contribution in [2.75, 3.05) is 55.7 Å². The summed E-state index contributed by atoms with van der Waals surface area (Å²) in [6, 6.07) is 4.13. The highest BCUT2D eigenvalue weighted by Gasteiger charge is 2.20. The molecule has 0 aromatic carbocycles. The molecule has 4 heterocycles. The molecule has 0 unspecified atom stereocenters. The highest BCUT2D eigenvalue weighted by Crippen LogP contribution is 2.22. The molecule has 0 spiro atoms. The normalized spacial score (nSPS) is 16.8. The number of hydrogen-bond donors (Lipinski definition) is 3. The quantitative estimate of drug-likeness (QED) is 0.582. The van der Waals surface area contributed by atoms with Crippen molar-refractivity contribution in [3.05, 3.63) is 46.1 Å². The van der Waals surface area contributed by atoms with Gasteiger partial charge in [0.1, 0.15) is 0 Å². The van der Waals surface area contributed by atoms with Crippen LogP contribution < -0.4 is 15.8 Å². The van der Waals surface area contributed by atoms with Gasteiger partial charge < -0.3 is 10.2 Å². The van der Waals surface area contributed by atoms with Crippen molar-refractivity contribution < 1.29 is 13.0 Å². The molecule has 4 rings (SSSR count). The summed E-state index contributed by atoms with van der Waals surface area (Å²) in [6.07, 6.45) is 7.13. The lowest BCUT2D eigenvalue weighted by atomic mass is 10.0. The fourth-order valence-electron chi connectivity index (χ4n) is 3.68. The standard InChI is InChI=1S/C18H24N6O.CH4O3S/c25-18-15-2-1-6-20-17(15)16(21-22-18)5-9-23-10-12-24(13-11-23)14-3-7-19-8-4-14;1-5(2,3)4/h3-4,7-8,20H,1-2,5-6,9-13H2,(H,22,25);1H3,(H,2,3,4). The third kappa shape index (κ3) is 6.51. The van der Waals surface area contributed by atoms with Crippen molar-refractivity contribution in [3.63, 3.8) is 0 Å². The van der Waals surface area contributed by atoms with E-state index in [1.807, 2.05) is 12.4 Å². The minimum atomic E-state index is -3.67. The lowest BCUT2D eigenvalue weighted by molar-refractivity contribution is 0.260. The van der Waals surface area contributed by atoms with E-state index in [9.17, 15) is 13.2 Å². The Bertz CT molecular complexity index is 980. The average Bonchev–Trinajstić information content (AvgIpc) is 2.73. The van der Waals surface area contributed by atoms with Crippen LogP contribution in [0.15, 0.2) is 29.3 Å². The second-order valence-corrected chi connectivity index (χ2v) is 8.87. The Hall–Kier alpha value is -2.50. The minimum absolute atomic E-state index is 0.0445. The molecule has 0 amide bonds. The summed E-state index contributed by atoms with van der Waals surface area (Å²) in [6.45, 7) is 6.04. The molecule has 0 atom stereocenters. The monoisotopic (exact) mass is 436 g/mol. The summed E-state index contributed by atoms with van der Waals surface area (Å²) in [5.74, 6) is 0. The number of anilines is 2. The summed E-state index contributed by atoms with van der Waals surface area (Å²) in [5.41, 5.74) is 4.04. The number of pyridine rings is 1. The summed E-state index contributed by atoms with van der Waals surface area (Å²) in [4.78, 5) is 20.9. The Labute approximate surface area is 176 Å². The predicted molar refractivity (Wildman–Crippen MR) is 116 cm³/mol. The van der Waals surface area contributed by atoms with Crippen LogP contribution in [-0.4, -0.2) is 78.6 Å². The number of hydrogen-bond acceptors (Lipinski definition) is 8. The third-order valence-electron chi connectivity index (χ3n) is 5.13. The van der Waals surface area contributed by atoms with Gasteiger partial charge in [0.2, 0.25) is 0 Å². The fraction of sp³-hybridized carbons (Fsp3) is 0.526. The summed E-state index contributed by atoms with van der Waals surface area (Å²) < 4.78 is 25.9. The molecule has 1 fully saturated rings. The maximum Gasteiger partial charge on any atom is 0.269 e. The number of H-pyrrole nitrogens is 1. The van der Waals surface area contributed by atoms with Gasteiger partial charge in [-0.25, -0.2) is 5.10 Å². The van der Waals surface area contributed by atoms with E-state index in [4.69, 9.17) is 4.55 Å². The number of nitrogens with one attached hydrogen (secondary N) is 2. The van der Waals surface area contributed by atoms with Crippen molar-refractivity contribution in [1.29, 1.82) is 0 Å². The van der Waals surface area contributed by atoms with Crippen molar-refractivity contribution >= 4 is 21.5 Å².